The van der Waals surface area contributed by atoms with E-state index in [0.717, 1.165) is 13.1 Å². The Balaban J connectivity index is -0.000000219. The molecule has 6 N–H and O–H groups in total. The van der Waals surface area contributed by atoms with Gasteiger partial charge in [0.05, 0.1) is 0 Å². The van der Waals surface area contributed by atoms with E-state index in [4.69, 9.17) is 19.8 Å². The molecule has 0 amide bonds. The molecule has 0 aliphatic carbocycles. The van der Waals surface area contributed by atoms with Crippen molar-refractivity contribution in [1.82, 2.24) is 0 Å². The van der Waals surface area contributed by atoms with Crippen LogP contribution in [0.15, 0.2) is 0 Å². The van der Waals surface area contributed by atoms with Crippen molar-refractivity contribution in [2.24, 2.45) is 11.5 Å². The normalized spacial score (nSPS) is 10.8. The Morgan fingerprint density at radius 1 is 0.842 bits per heavy atom. The van der Waals surface area contributed by atoms with E-state index < -0.39 is 27.2 Å². The first kappa shape index (κ1) is 24.1. The van der Waals surface area contributed by atoms with Crippen LogP contribution >= 0.6 is 0 Å². The summed E-state index contributed by atoms with van der Waals surface area (Å²) in [7, 11) is 0. The van der Waals surface area contributed by atoms with Crippen molar-refractivity contribution in [1.29, 1.82) is 0 Å². The summed E-state index contributed by atoms with van der Waals surface area (Å²) in [5.74, 6) is 0. The van der Waals surface area contributed by atoms with Crippen molar-refractivity contribution >= 4 is 0 Å². The third-order valence-corrected chi connectivity index (χ3v) is 4.04. The van der Waals surface area contributed by atoms with E-state index in [2.05, 4.69) is 16.7 Å². The second-order valence-electron chi connectivity index (χ2n) is 3.21. The van der Waals surface area contributed by atoms with Gasteiger partial charge in [-0.3, -0.25) is 0 Å². The molecular weight excluding hydrogens is 340 g/mol. The van der Waals surface area contributed by atoms with Crippen molar-refractivity contribution < 1.29 is 53.6 Å². The molecule has 0 heterocycles. The summed E-state index contributed by atoms with van der Waals surface area (Å²) in [5.41, 5.74) is 10.3. The zero-order valence-electron chi connectivity index (χ0n) is 11.1. The molecule has 0 fully saturated rings. The summed E-state index contributed by atoms with van der Waals surface area (Å²) in [5, 5.41) is 0. The molecule has 0 unspecified atom stereocenters. The summed E-state index contributed by atoms with van der Waals surface area (Å²) in [6, 6.07) is 0. The van der Waals surface area contributed by atoms with E-state index in [-0.39, 0.29) is 0 Å². The Bertz CT molecular complexity index is 327. The Labute approximate surface area is 118 Å². The average Bonchev–Trinajstić information content (AvgIpc) is 2.16. The average molecular weight is 364 g/mol. The molecule has 0 saturated carbocycles. The van der Waals surface area contributed by atoms with Gasteiger partial charge in [-0.25, -0.2) is 0 Å². The van der Waals surface area contributed by atoms with Crippen molar-refractivity contribution in [2.45, 2.75) is 39.5 Å². The molecule has 19 heavy (non-hydrogen) atoms. The molecule has 11 heteroatoms. The Morgan fingerprint density at radius 2 is 1.11 bits per heavy atom. The molecular formula is C8H24Cr2N2O7. The van der Waals surface area contributed by atoms with Crippen LogP contribution in [0, 0.1) is 0 Å². The quantitative estimate of drug-likeness (QED) is 0.499. The molecule has 0 aromatic rings. The van der Waals surface area contributed by atoms with E-state index in [1.165, 1.54) is 25.7 Å². The minimum absolute atomic E-state index is 0.844. The van der Waals surface area contributed by atoms with E-state index in [0.29, 0.717) is 0 Å². The van der Waals surface area contributed by atoms with Crippen molar-refractivity contribution in [2.75, 3.05) is 13.1 Å². The standard InChI is InChI=1S/2C4H11N.2Cr.2H2O.5O/c2*1-2-3-4-5;;;;;;;;;/h2*2-5H2,1H3;;;2*1H2;;;;;/q;;2*+1;;;;;;;/p-2. The molecule has 0 radical (unpaired) electrons. The first-order valence-corrected chi connectivity index (χ1v) is 9.86. The summed E-state index contributed by atoms with van der Waals surface area (Å²) in [4.78, 5) is 0. The van der Waals surface area contributed by atoms with Crippen LogP contribution < -0.4 is 11.5 Å². The predicted molar refractivity (Wildman–Crippen MR) is 56.2 cm³/mol. The van der Waals surface area contributed by atoms with E-state index >= 15 is 0 Å². The monoisotopic (exact) mass is 364 g/mol. The van der Waals surface area contributed by atoms with Gasteiger partial charge >= 0.3 is 53.6 Å². The van der Waals surface area contributed by atoms with E-state index in [1.807, 2.05) is 0 Å². The summed E-state index contributed by atoms with van der Waals surface area (Å²) in [6.07, 6.45) is 4.77. The van der Waals surface area contributed by atoms with Crippen molar-refractivity contribution in [3.8, 4) is 0 Å². The number of unbranched alkanes of at least 4 members (excludes halogenated alkanes) is 2. The van der Waals surface area contributed by atoms with Crippen LogP contribution in [-0.4, -0.2) is 21.4 Å². The third-order valence-electron chi connectivity index (χ3n) is 1.29. The maximum absolute atomic E-state index is 9.53. The second kappa shape index (κ2) is 14.5. The van der Waals surface area contributed by atoms with Crippen LogP contribution in [0.1, 0.15) is 39.5 Å². The van der Waals surface area contributed by atoms with Gasteiger partial charge in [0.25, 0.3) is 0 Å². The molecule has 0 aromatic heterocycles. The van der Waals surface area contributed by atoms with Crippen molar-refractivity contribution in [3.63, 3.8) is 0 Å². The van der Waals surface area contributed by atoms with Crippen LogP contribution in [0.4, 0.5) is 0 Å². The second-order valence-corrected chi connectivity index (χ2v) is 6.97. The molecule has 0 spiro atoms. The van der Waals surface area contributed by atoms with Crippen LogP contribution in [0.2, 0.25) is 0 Å². The van der Waals surface area contributed by atoms with Gasteiger partial charge in [-0.05, 0) is 25.9 Å². The maximum atomic E-state index is 9.53. The number of nitrogens with two attached hydrogens (primary N) is 2. The molecule has 0 aromatic carbocycles. The predicted octanol–water partition coefficient (Wildman–Crippen LogP) is -0.172. The first-order valence-electron chi connectivity index (χ1n) is 5.60. The molecule has 0 atom stereocenters. The van der Waals surface area contributed by atoms with Gasteiger partial charge in [0, 0.05) is 0 Å². The zero-order chi connectivity index (χ0) is 15.9. The fourth-order valence-corrected chi connectivity index (χ4v) is 2.26. The SMILES string of the molecule is CCCCN.CCCCN.[O]=[Cr](=[O])([OH])[O][Cr](=[O])(=[O])[OH]. The van der Waals surface area contributed by atoms with Gasteiger partial charge in [0.2, 0.25) is 0 Å². The Hall–Kier alpha value is 0.0649. The van der Waals surface area contributed by atoms with Gasteiger partial charge in [-0.15, -0.1) is 0 Å². The van der Waals surface area contributed by atoms with Gasteiger partial charge < -0.3 is 11.5 Å². The topological polar surface area (TPSA) is 170 Å². The van der Waals surface area contributed by atoms with E-state index in [9.17, 15) is 15.2 Å². The molecule has 120 valence electrons. The Kier molecular flexibility index (Phi) is 18.4. The number of hydrogen-bond donors (Lipinski definition) is 4. The molecule has 9 nitrogen and oxygen atoms in total. The number of rotatable bonds is 6. The van der Waals surface area contributed by atoms with Crippen LogP contribution in [0.3, 0.4) is 0 Å². The molecule has 0 aliphatic rings. The Morgan fingerprint density at radius 3 is 1.11 bits per heavy atom. The van der Waals surface area contributed by atoms with Gasteiger partial charge in [-0.1, -0.05) is 26.7 Å². The third kappa shape index (κ3) is 46.0. The molecule has 0 saturated heterocycles. The summed E-state index contributed by atoms with van der Waals surface area (Å²) in [6.45, 7) is 5.95. The first-order chi connectivity index (χ1) is 8.54. The van der Waals surface area contributed by atoms with Gasteiger partial charge in [0.1, 0.15) is 0 Å². The summed E-state index contributed by atoms with van der Waals surface area (Å²) >= 11 is -11.5. The molecule has 0 bridgehead atoms. The van der Waals surface area contributed by atoms with Crippen LogP contribution in [0.25, 0.3) is 0 Å². The van der Waals surface area contributed by atoms with Crippen molar-refractivity contribution in [3.05, 3.63) is 0 Å². The van der Waals surface area contributed by atoms with Gasteiger partial charge in [-0.2, -0.15) is 0 Å². The van der Waals surface area contributed by atoms with Crippen LogP contribution in [0.5, 0.6) is 0 Å². The zero-order valence-corrected chi connectivity index (χ0v) is 13.7. The van der Waals surface area contributed by atoms with E-state index in [1.54, 1.807) is 0 Å². The van der Waals surface area contributed by atoms with Crippen LogP contribution in [-0.2, 0) is 45.3 Å². The molecule has 0 aliphatic heterocycles. The van der Waals surface area contributed by atoms with Gasteiger partial charge in [0.15, 0.2) is 0 Å². The fourth-order valence-electron chi connectivity index (χ4n) is 0.517. The minimum atomic E-state index is -5.76. The molecule has 0 rings (SSSR count). The number of hydrogen-bond acceptors (Lipinski definition) is 7. The fraction of sp³-hybridized carbons (Fsp3) is 1.00. The summed E-state index contributed by atoms with van der Waals surface area (Å²) < 4.78 is 56.3.